The fourth-order valence-electron chi connectivity index (χ4n) is 3.61. The van der Waals surface area contributed by atoms with E-state index in [1.165, 1.54) is 60.7 Å². The first-order valence-electron chi connectivity index (χ1n) is 10.3. The Morgan fingerprint density at radius 3 is 2.25 bits per heavy atom. The standard InChI is InChI=1S/C24H15N3O9/c28-20(15-5-1-3-7-18(15)26(32)33)12-36-24(31)13-9-10-14-17(11-13)25-21(23(30)22(14)29)16-6-2-4-8-19(16)27(34)35/h1-11,30H,12H2,(H,25,29). The molecule has 0 amide bonds. The summed E-state index contributed by atoms with van der Waals surface area (Å²) in [6.07, 6.45) is 0. The number of H-pyrrole nitrogens is 1. The van der Waals surface area contributed by atoms with Crippen LogP contribution in [0.4, 0.5) is 11.4 Å². The van der Waals surface area contributed by atoms with Gasteiger partial charge in [-0.1, -0.05) is 24.3 Å². The summed E-state index contributed by atoms with van der Waals surface area (Å²) >= 11 is 0. The van der Waals surface area contributed by atoms with Gasteiger partial charge in [-0.3, -0.25) is 29.8 Å². The summed E-state index contributed by atoms with van der Waals surface area (Å²) in [5.74, 6) is -2.47. The van der Waals surface area contributed by atoms with E-state index in [4.69, 9.17) is 4.74 Å². The van der Waals surface area contributed by atoms with Gasteiger partial charge in [-0.25, -0.2) is 4.79 Å². The number of aromatic nitrogens is 1. The van der Waals surface area contributed by atoms with Crippen molar-refractivity contribution in [3.63, 3.8) is 0 Å². The molecule has 0 saturated carbocycles. The maximum Gasteiger partial charge on any atom is 0.338 e. The van der Waals surface area contributed by atoms with E-state index < -0.39 is 45.1 Å². The monoisotopic (exact) mass is 489 g/mol. The molecule has 0 spiro atoms. The molecule has 0 aliphatic carbocycles. The van der Waals surface area contributed by atoms with Gasteiger partial charge in [0.1, 0.15) is 0 Å². The molecule has 0 bridgehead atoms. The van der Waals surface area contributed by atoms with Crippen LogP contribution in [-0.2, 0) is 4.74 Å². The molecule has 1 aromatic heterocycles. The zero-order valence-corrected chi connectivity index (χ0v) is 18.2. The summed E-state index contributed by atoms with van der Waals surface area (Å²) in [4.78, 5) is 61.5. The van der Waals surface area contributed by atoms with Crippen LogP contribution in [-0.4, -0.2) is 38.3 Å². The van der Waals surface area contributed by atoms with Crippen molar-refractivity contribution in [2.45, 2.75) is 0 Å². The van der Waals surface area contributed by atoms with E-state index in [0.29, 0.717) is 0 Å². The molecule has 0 radical (unpaired) electrons. The van der Waals surface area contributed by atoms with Crippen LogP contribution in [0.2, 0.25) is 0 Å². The number of carbonyl (C=O) groups is 2. The van der Waals surface area contributed by atoms with Gasteiger partial charge in [0, 0.05) is 17.5 Å². The minimum atomic E-state index is -0.954. The number of carbonyl (C=O) groups excluding carboxylic acids is 2. The van der Waals surface area contributed by atoms with Crippen molar-refractivity contribution in [1.29, 1.82) is 0 Å². The molecular weight excluding hydrogens is 474 g/mol. The third-order valence-electron chi connectivity index (χ3n) is 5.32. The lowest BCUT2D eigenvalue weighted by Crippen LogP contribution is -2.15. The quantitative estimate of drug-likeness (QED) is 0.169. The highest BCUT2D eigenvalue weighted by molar-refractivity contribution is 6.02. The number of ketones is 1. The lowest BCUT2D eigenvalue weighted by atomic mass is 10.0. The molecule has 12 nitrogen and oxygen atoms in total. The van der Waals surface area contributed by atoms with Crippen molar-refractivity contribution in [1.82, 2.24) is 4.98 Å². The fourth-order valence-corrected chi connectivity index (χ4v) is 3.61. The van der Waals surface area contributed by atoms with Crippen LogP contribution in [0.25, 0.3) is 22.2 Å². The number of nitro benzene ring substituents is 2. The SMILES string of the molecule is O=C(OCC(=O)c1ccccc1[N+](=O)[O-])c1ccc2c(=O)c(O)c(-c3ccccc3[N+](=O)[O-])[nH]c2c1. The van der Waals surface area contributed by atoms with E-state index in [1.54, 1.807) is 0 Å². The topological polar surface area (TPSA) is 183 Å². The predicted molar refractivity (Wildman–Crippen MR) is 126 cm³/mol. The molecule has 4 rings (SSSR count). The first-order valence-corrected chi connectivity index (χ1v) is 10.3. The third-order valence-corrected chi connectivity index (χ3v) is 5.32. The number of pyridine rings is 1. The van der Waals surface area contributed by atoms with Gasteiger partial charge in [0.25, 0.3) is 11.4 Å². The molecule has 0 atom stereocenters. The Balaban J connectivity index is 1.66. The lowest BCUT2D eigenvalue weighted by Gasteiger charge is -2.09. The van der Waals surface area contributed by atoms with Gasteiger partial charge < -0.3 is 14.8 Å². The maximum absolute atomic E-state index is 12.7. The van der Waals surface area contributed by atoms with Crippen LogP contribution < -0.4 is 5.43 Å². The van der Waals surface area contributed by atoms with Crippen LogP contribution >= 0.6 is 0 Å². The second-order valence-corrected chi connectivity index (χ2v) is 7.49. The van der Waals surface area contributed by atoms with Gasteiger partial charge in [-0.05, 0) is 30.3 Å². The minimum Gasteiger partial charge on any atom is -0.503 e. The van der Waals surface area contributed by atoms with Gasteiger partial charge in [0.15, 0.2) is 12.4 Å². The van der Waals surface area contributed by atoms with E-state index in [2.05, 4.69) is 4.98 Å². The van der Waals surface area contributed by atoms with Crippen LogP contribution in [0.15, 0.2) is 71.5 Å². The number of aromatic amines is 1. The number of nitrogens with zero attached hydrogens (tertiary/aromatic N) is 2. The lowest BCUT2D eigenvalue weighted by molar-refractivity contribution is -0.385. The summed E-state index contributed by atoms with van der Waals surface area (Å²) in [7, 11) is 0. The zero-order valence-electron chi connectivity index (χ0n) is 18.2. The molecule has 3 aromatic carbocycles. The van der Waals surface area contributed by atoms with Crippen molar-refractivity contribution >= 4 is 34.0 Å². The van der Waals surface area contributed by atoms with Gasteiger partial charge in [-0.15, -0.1) is 0 Å². The van der Waals surface area contributed by atoms with Crippen LogP contribution in [0.1, 0.15) is 20.7 Å². The largest absolute Gasteiger partial charge is 0.503 e. The molecule has 0 unspecified atom stereocenters. The zero-order chi connectivity index (χ0) is 26.0. The normalized spacial score (nSPS) is 10.7. The summed E-state index contributed by atoms with van der Waals surface area (Å²) in [5, 5.41) is 32.9. The Labute approximate surface area is 200 Å². The molecule has 1 heterocycles. The number of ether oxygens (including phenoxy) is 1. The summed E-state index contributed by atoms with van der Waals surface area (Å²) in [5.41, 5.74) is -2.07. The van der Waals surface area contributed by atoms with Crippen LogP contribution in [0.5, 0.6) is 5.75 Å². The van der Waals surface area contributed by atoms with E-state index in [-0.39, 0.29) is 39.0 Å². The molecule has 2 N–H and O–H groups in total. The van der Waals surface area contributed by atoms with Gasteiger partial charge in [0.2, 0.25) is 11.2 Å². The molecule has 0 fully saturated rings. The Bertz CT molecular complexity index is 1630. The minimum absolute atomic E-state index is 0.00220. The Kier molecular flexibility index (Phi) is 6.24. The molecular formula is C24H15N3O9. The van der Waals surface area contributed by atoms with Crippen molar-refractivity contribution in [2.75, 3.05) is 6.61 Å². The fraction of sp³-hybridized carbons (Fsp3) is 0.0417. The predicted octanol–water partition coefficient (Wildman–Crippen LogP) is 3.76. The number of nitro groups is 2. The summed E-state index contributed by atoms with van der Waals surface area (Å²) in [6, 6.07) is 14.4. The molecule has 12 heteroatoms. The first-order chi connectivity index (χ1) is 17.2. The van der Waals surface area contributed by atoms with Gasteiger partial charge >= 0.3 is 5.97 Å². The smallest absolute Gasteiger partial charge is 0.338 e. The number of nitrogens with one attached hydrogen (secondary N) is 1. The van der Waals surface area contributed by atoms with E-state index >= 15 is 0 Å². The van der Waals surface area contributed by atoms with Gasteiger partial charge in [-0.2, -0.15) is 0 Å². The van der Waals surface area contributed by atoms with Crippen LogP contribution in [0, 0.1) is 20.2 Å². The van der Waals surface area contributed by atoms with Crippen molar-refractivity contribution in [2.24, 2.45) is 0 Å². The number of hydrogen-bond acceptors (Lipinski definition) is 9. The summed E-state index contributed by atoms with van der Waals surface area (Å²) in [6.45, 7) is -0.769. The van der Waals surface area contributed by atoms with E-state index in [1.807, 2.05) is 0 Å². The molecule has 36 heavy (non-hydrogen) atoms. The molecule has 0 aliphatic rings. The van der Waals surface area contributed by atoms with Crippen LogP contribution in [0.3, 0.4) is 0 Å². The number of esters is 1. The number of para-hydroxylation sites is 2. The highest BCUT2D eigenvalue weighted by Gasteiger charge is 2.23. The number of fused-ring (bicyclic) bond motifs is 1. The van der Waals surface area contributed by atoms with E-state index in [9.17, 15) is 39.7 Å². The molecule has 180 valence electrons. The molecule has 0 aliphatic heterocycles. The average molecular weight is 489 g/mol. The molecule has 4 aromatic rings. The first kappa shape index (κ1) is 23.8. The Morgan fingerprint density at radius 2 is 1.56 bits per heavy atom. The highest BCUT2D eigenvalue weighted by Crippen LogP contribution is 2.33. The van der Waals surface area contributed by atoms with E-state index in [0.717, 1.165) is 6.07 Å². The second kappa shape index (κ2) is 9.46. The number of rotatable bonds is 7. The van der Waals surface area contributed by atoms with Crippen molar-refractivity contribution in [3.8, 4) is 17.0 Å². The maximum atomic E-state index is 12.7. The number of aromatic hydroxyl groups is 1. The number of Topliss-reactive ketones (excluding diaryl/α,β-unsaturated/α-hetero) is 1. The van der Waals surface area contributed by atoms with Crippen molar-refractivity contribution < 1.29 is 29.3 Å². The average Bonchev–Trinajstić information content (AvgIpc) is 2.88. The summed E-state index contributed by atoms with van der Waals surface area (Å²) < 4.78 is 5.01. The highest BCUT2D eigenvalue weighted by atomic mass is 16.6. The van der Waals surface area contributed by atoms with Crippen molar-refractivity contribution in [3.05, 3.63) is 108 Å². The number of hydrogen-bond donors (Lipinski definition) is 2. The van der Waals surface area contributed by atoms with Gasteiger partial charge in [0.05, 0.1) is 37.7 Å². The third kappa shape index (κ3) is 4.37. The Morgan fingerprint density at radius 1 is 0.917 bits per heavy atom. The number of benzene rings is 3. The Hall–Kier alpha value is -5.39. The second-order valence-electron chi connectivity index (χ2n) is 7.49. The molecule has 0 saturated heterocycles.